The number of carbonyl (C=O) groups is 1. The Labute approximate surface area is 122 Å². The van der Waals surface area contributed by atoms with Crippen molar-refractivity contribution in [3.63, 3.8) is 0 Å². The van der Waals surface area contributed by atoms with Crippen LogP contribution in [0.2, 0.25) is 0 Å². The van der Waals surface area contributed by atoms with Gasteiger partial charge in [-0.05, 0) is 24.7 Å². The molecule has 1 aromatic carbocycles. The highest BCUT2D eigenvalue weighted by Gasteiger charge is 2.24. The zero-order valence-corrected chi connectivity index (χ0v) is 12.0. The number of hydrogen-bond donors (Lipinski definition) is 2. The van der Waals surface area contributed by atoms with E-state index in [0.29, 0.717) is 23.8 Å². The summed E-state index contributed by atoms with van der Waals surface area (Å²) in [6, 6.07) is 5.14. The van der Waals surface area contributed by atoms with E-state index >= 15 is 0 Å². The average molecular weight is 291 g/mol. The van der Waals surface area contributed by atoms with E-state index in [9.17, 15) is 9.18 Å². The Kier molecular flexibility index (Phi) is 4.64. The highest BCUT2D eigenvalue weighted by molar-refractivity contribution is 5.81. The first kappa shape index (κ1) is 15.1. The van der Waals surface area contributed by atoms with Crippen molar-refractivity contribution in [2.24, 2.45) is 5.73 Å². The maximum absolute atomic E-state index is 13.3. The predicted molar refractivity (Wildman–Crippen MR) is 75.6 cm³/mol. The van der Waals surface area contributed by atoms with Gasteiger partial charge in [0.15, 0.2) is 0 Å². The highest BCUT2D eigenvalue weighted by atomic mass is 19.1. The monoisotopic (exact) mass is 291 g/mol. The number of halogens is 1. The summed E-state index contributed by atoms with van der Waals surface area (Å²) in [6.07, 6.45) is 0.726. The minimum absolute atomic E-state index is 0.358. The Morgan fingerprint density at radius 1 is 1.52 bits per heavy atom. The fourth-order valence-electron chi connectivity index (χ4n) is 2.20. The van der Waals surface area contributed by atoms with Crippen LogP contribution in [0.5, 0.6) is 0 Å². The number of carbonyl (C=O) groups excluding carboxylic acids is 1. The van der Waals surface area contributed by atoms with Crippen LogP contribution in [0.4, 0.5) is 4.39 Å². The van der Waals surface area contributed by atoms with Gasteiger partial charge >= 0.3 is 0 Å². The largest absolute Gasteiger partial charge is 0.368 e. The lowest BCUT2D eigenvalue weighted by Gasteiger charge is -2.24. The molecule has 1 amide bonds. The topological polar surface area (TPSA) is 87.9 Å². The number of H-pyrrole nitrogens is 1. The number of aryl methyl sites for hydroxylation is 1. The van der Waals surface area contributed by atoms with Crippen molar-refractivity contribution in [3.05, 3.63) is 47.3 Å². The van der Waals surface area contributed by atoms with Crippen LogP contribution in [-0.2, 0) is 17.8 Å². The molecule has 0 spiro atoms. The predicted octanol–water partition coefficient (Wildman–Crippen LogP) is 1.16. The van der Waals surface area contributed by atoms with Crippen LogP contribution in [0.3, 0.4) is 0 Å². The Morgan fingerprint density at radius 2 is 2.29 bits per heavy atom. The number of amides is 1. The molecule has 0 bridgehead atoms. The molecule has 0 saturated heterocycles. The summed E-state index contributed by atoms with van der Waals surface area (Å²) in [7, 11) is 1.73. The lowest BCUT2D eigenvalue weighted by molar-refractivity contribution is -0.123. The maximum Gasteiger partial charge on any atom is 0.239 e. The van der Waals surface area contributed by atoms with Gasteiger partial charge in [-0.15, -0.1) is 0 Å². The van der Waals surface area contributed by atoms with Crippen LogP contribution in [0.15, 0.2) is 24.3 Å². The summed E-state index contributed by atoms with van der Waals surface area (Å²) in [5.41, 5.74) is 5.97. The summed E-state index contributed by atoms with van der Waals surface area (Å²) >= 11 is 0. The summed E-state index contributed by atoms with van der Waals surface area (Å²) in [5, 5.41) is 6.86. The second kappa shape index (κ2) is 6.45. The van der Waals surface area contributed by atoms with Gasteiger partial charge in [0, 0.05) is 6.42 Å². The van der Waals surface area contributed by atoms with Crippen LogP contribution in [0.1, 0.15) is 30.2 Å². The molecule has 0 fully saturated rings. The van der Waals surface area contributed by atoms with Gasteiger partial charge in [0.1, 0.15) is 23.5 Å². The number of aromatic nitrogens is 3. The van der Waals surface area contributed by atoms with Gasteiger partial charge in [-0.1, -0.05) is 19.1 Å². The zero-order valence-electron chi connectivity index (χ0n) is 12.0. The molecule has 2 aromatic rings. The van der Waals surface area contributed by atoms with E-state index < -0.39 is 17.8 Å². The number of rotatable bonds is 6. The third-order valence-corrected chi connectivity index (χ3v) is 3.17. The maximum atomic E-state index is 13.3. The lowest BCUT2D eigenvalue weighted by atomic mass is 10.0. The van der Waals surface area contributed by atoms with Gasteiger partial charge in [-0.25, -0.2) is 9.37 Å². The Morgan fingerprint density at radius 3 is 2.86 bits per heavy atom. The van der Waals surface area contributed by atoms with E-state index in [4.69, 9.17) is 5.73 Å². The van der Waals surface area contributed by atoms with E-state index in [1.54, 1.807) is 24.1 Å². The van der Waals surface area contributed by atoms with Gasteiger partial charge in [0.25, 0.3) is 0 Å². The second-order valence-electron chi connectivity index (χ2n) is 4.83. The van der Waals surface area contributed by atoms with E-state index in [0.717, 1.165) is 6.42 Å². The van der Waals surface area contributed by atoms with Crippen molar-refractivity contribution < 1.29 is 9.18 Å². The van der Waals surface area contributed by atoms with Gasteiger partial charge in [-0.3, -0.25) is 14.8 Å². The van der Waals surface area contributed by atoms with E-state index in [1.165, 1.54) is 12.1 Å². The number of likely N-dealkylation sites (N-methyl/N-ethyl adjacent to an activating group) is 1. The summed E-state index contributed by atoms with van der Waals surface area (Å²) in [5.74, 6) is 0.398. The number of primary amides is 1. The minimum Gasteiger partial charge on any atom is -0.368 e. The number of nitrogens with one attached hydrogen (secondary N) is 1. The van der Waals surface area contributed by atoms with Gasteiger partial charge in [0.05, 0.1) is 6.54 Å². The minimum atomic E-state index is -0.726. The molecule has 7 heteroatoms. The van der Waals surface area contributed by atoms with Crippen molar-refractivity contribution in [2.75, 3.05) is 7.05 Å². The molecule has 0 aliphatic carbocycles. The van der Waals surface area contributed by atoms with Gasteiger partial charge in [-0.2, -0.15) is 5.10 Å². The average Bonchev–Trinajstić information content (AvgIpc) is 2.86. The highest BCUT2D eigenvalue weighted by Crippen LogP contribution is 2.21. The van der Waals surface area contributed by atoms with E-state index in [-0.39, 0.29) is 0 Å². The van der Waals surface area contributed by atoms with Crippen molar-refractivity contribution in [1.82, 2.24) is 20.1 Å². The van der Waals surface area contributed by atoms with Crippen LogP contribution in [0, 0.1) is 5.82 Å². The van der Waals surface area contributed by atoms with E-state index in [2.05, 4.69) is 15.2 Å². The van der Waals surface area contributed by atoms with Crippen molar-refractivity contribution in [1.29, 1.82) is 0 Å². The smallest absolute Gasteiger partial charge is 0.239 e. The molecule has 0 radical (unpaired) electrons. The molecular weight excluding hydrogens is 273 g/mol. The van der Waals surface area contributed by atoms with E-state index in [1.807, 2.05) is 6.92 Å². The first-order valence-corrected chi connectivity index (χ1v) is 6.66. The van der Waals surface area contributed by atoms with Crippen molar-refractivity contribution >= 4 is 5.91 Å². The molecule has 2 rings (SSSR count). The Balaban J connectivity index is 2.19. The van der Waals surface area contributed by atoms with Gasteiger partial charge in [0.2, 0.25) is 5.91 Å². The molecule has 0 aliphatic rings. The molecule has 0 saturated carbocycles. The first-order chi connectivity index (χ1) is 10.0. The normalized spacial score (nSPS) is 12.6. The SMILES string of the molecule is CCc1n[nH]c(CN(C)[C@H](C(N)=O)c2cccc(F)c2)n1. The quantitative estimate of drug-likeness (QED) is 0.836. The molecule has 21 heavy (non-hydrogen) atoms. The van der Waals surface area contributed by atoms with Crippen molar-refractivity contribution in [3.8, 4) is 0 Å². The summed E-state index contributed by atoms with van der Waals surface area (Å²) < 4.78 is 13.3. The third kappa shape index (κ3) is 3.63. The van der Waals surface area contributed by atoms with Crippen LogP contribution < -0.4 is 5.73 Å². The zero-order chi connectivity index (χ0) is 15.4. The Bertz CT molecular complexity index is 627. The van der Waals surface area contributed by atoms with Crippen molar-refractivity contribution in [2.45, 2.75) is 25.9 Å². The Hall–Kier alpha value is -2.28. The molecule has 0 aliphatic heterocycles. The number of benzene rings is 1. The van der Waals surface area contributed by atoms with Crippen LogP contribution in [-0.4, -0.2) is 33.0 Å². The lowest BCUT2D eigenvalue weighted by Crippen LogP contribution is -2.35. The molecule has 1 aromatic heterocycles. The van der Waals surface area contributed by atoms with Gasteiger partial charge < -0.3 is 5.73 Å². The number of nitrogens with two attached hydrogens (primary N) is 1. The molecule has 6 nitrogen and oxygen atoms in total. The summed E-state index contributed by atoms with van der Waals surface area (Å²) in [6.45, 7) is 2.31. The summed E-state index contributed by atoms with van der Waals surface area (Å²) in [4.78, 5) is 17.7. The number of aromatic amines is 1. The number of hydrogen-bond acceptors (Lipinski definition) is 4. The third-order valence-electron chi connectivity index (χ3n) is 3.17. The number of nitrogens with zero attached hydrogens (tertiary/aromatic N) is 3. The standard InChI is InChI=1S/C14H18FN5O/c1-3-11-17-12(19-18-11)8-20(2)13(14(16)21)9-5-4-6-10(15)7-9/h4-7,13H,3,8H2,1-2H3,(H2,16,21)(H,17,18,19)/t13-/m0/s1. The molecule has 1 heterocycles. The molecule has 112 valence electrons. The molecule has 1 atom stereocenters. The van der Waals surface area contributed by atoms with Crippen LogP contribution in [0.25, 0.3) is 0 Å². The fraction of sp³-hybridized carbons (Fsp3) is 0.357. The molecule has 3 N–H and O–H groups in total. The molecular formula is C14H18FN5O. The fourth-order valence-corrected chi connectivity index (χ4v) is 2.20. The second-order valence-corrected chi connectivity index (χ2v) is 4.83. The van der Waals surface area contributed by atoms with Crippen LogP contribution >= 0.6 is 0 Å². The first-order valence-electron chi connectivity index (χ1n) is 6.66. The molecule has 0 unspecified atom stereocenters.